The molecule has 12 aromatic carbocycles. The molecular formula is C87H76BrN3O2P4Pd. The van der Waals surface area contributed by atoms with Crippen molar-refractivity contribution in [2.75, 3.05) is 0 Å². The van der Waals surface area contributed by atoms with Gasteiger partial charge in [-0.1, -0.05) is 370 Å². The minimum absolute atomic E-state index is 0. The van der Waals surface area contributed by atoms with E-state index in [1.807, 2.05) is 6.07 Å². The Morgan fingerprint density at radius 1 is 0.265 bits per heavy atom. The Bertz CT molecular complexity index is 3590. The largest absolute Gasteiger partial charge is 0.387 e. The monoisotopic (exact) mass is 1500 g/mol. The number of aromatic nitrogens is 2. The molecule has 5 nitrogen and oxygen atoms in total. The third kappa shape index (κ3) is 23.7. The summed E-state index contributed by atoms with van der Waals surface area (Å²) in [5.74, 6) is 0. The van der Waals surface area contributed by atoms with E-state index in [9.17, 15) is 0 Å². The van der Waals surface area contributed by atoms with Gasteiger partial charge in [-0.2, -0.15) is 0 Å². The first-order valence-electron chi connectivity index (χ1n) is 31.9. The molecule has 0 spiro atoms. The second kappa shape index (κ2) is 42.1. The van der Waals surface area contributed by atoms with Gasteiger partial charge in [-0.15, -0.1) is 0 Å². The number of nitrogens with zero attached hydrogens (tertiary/aromatic N) is 3. The maximum absolute atomic E-state index is 9.05. The van der Waals surface area contributed by atoms with E-state index in [0.29, 0.717) is 17.1 Å². The van der Waals surface area contributed by atoms with Gasteiger partial charge in [0, 0.05) is 37.3 Å². The molecule has 0 amide bonds. The van der Waals surface area contributed by atoms with Gasteiger partial charge in [-0.25, -0.2) is 4.85 Å². The van der Waals surface area contributed by atoms with Crippen molar-refractivity contribution >= 4 is 117 Å². The minimum Gasteiger partial charge on any atom is -0.387 e. The Labute approximate surface area is 606 Å². The number of rotatable bonds is 14. The molecule has 0 unspecified atom stereocenters. The van der Waals surface area contributed by atoms with Crippen molar-refractivity contribution in [3.05, 3.63) is 428 Å². The Balaban J connectivity index is 0.000000152. The van der Waals surface area contributed by atoms with E-state index >= 15 is 0 Å². The van der Waals surface area contributed by atoms with Crippen LogP contribution in [0.25, 0.3) is 4.85 Å². The summed E-state index contributed by atoms with van der Waals surface area (Å²) in [6.45, 7) is 9.97. The molecule has 14 aromatic rings. The zero-order valence-corrected chi connectivity index (χ0v) is 61.2. The number of hydrogen-bond donors (Lipinski definition) is 2. The molecule has 11 heteroatoms. The summed E-state index contributed by atoms with van der Waals surface area (Å²) >= 11 is 3.25. The summed E-state index contributed by atoms with van der Waals surface area (Å²) in [6, 6.07) is 136. The molecular weight excluding hydrogens is 1430 g/mol. The molecule has 0 aliphatic rings. The van der Waals surface area contributed by atoms with Crippen LogP contribution in [0.1, 0.15) is 37.4 Å². The summed E-state index contributed by atoms with van der Waals surface area (Å²) in [4.78, 5) is 11.0. The van der Waals surface area contributed by atoms with Gasteiger partial charge in [-0.3, -0.25) is 9.97 Å². The predicted molar refractivity (Wildman–Crippen MR) is 424 cm³/mol. The maximum atomic E-state index is 9.05. The van der Waals surface area contributed by atoms with Gasteiger partial charge in [-0.05, 0) is 143 Å². The molecule has 2 atom stereocenters. The van der Waals surface area contributed by atoms with E-state index in [0.717, 1.165) is 4.47 Å². The number of aliphatic hydroxyl groups is 2. The predicted octanol–water partition coefficient (Wildman–Crippen LogP) is 17.4. The van der Waals surface area contributed by atoms with Crippen molar-refractivity contribution in [2.24, 2.45) is 0 Å². The first kappa shape index (κ1) is 75.0. The van der Waals surface area contributed by atoms with Gasteiger partial charge in [0.15, 0.2) is 0 Å². The van der Waals surface area contributed by atoms with Gasteiger partial charge >= 0.3 is 0 Å². The SMILES string of the molecule is C[C@H](O)c1ccc(Br)cn1.[C-]#[N+]c1ccc([C@H](C)O)nc1.[Pd].c1ccc(P(c2ccccc2)c2ccccc2)cc1.c1ccc(P(c2ccccc2)c2ccccc2)cc1.c1ccc(P(c2ccccc2)c2ccccc2)cc1.c1ccc(P(c2ccccc2)c2ccccc2)cc1. The summed E-state index contributed by atoms with van der Waals surface area (Å²) in [6.07, 6.45) is 2.08. The van der Waals surface area contributed by atoms with E-state index in [1.54, 1.807) is 38.2 Å². The van der Waals surface area contributed by atoms with Gasteiger partial charge < -0.3 is 10.2 Å². The van der Waals surface area contributed by atoms with E-state index in [2.05, 4.69) is 395 Å². The molecule has 0 saturated heterocycles. The van der Waals surface area contributed by atoms with Gasteiger partial charge in [0.2, 0.25) is 5.69 Å². The first-order valence-corrected chi connectivity index (χ1v) is 38.0. The summed E-state index contributed by atoms with van der Waals surface area (Å²) in [5, 5.41) is 34.9. The van der Waals surface area contributed by atoms with Gasteiger partial charge in [0.25, 0.3) is 0 Å². The van der Waals surface area contributed by atoms with Crippen LogP contribution in [0.2, 0.25) is 0 Å². The zero-order chi connectivity index (χ0) is 67.5. The average molecular weight is 1510 g/mol. The number of halogens is 1. The van der Waals surface area contributed by atoms with Crippen molar-refractivity contribution < 1.29 is 30.6 Å². The maximum Gasteiger partial charge on any atom is 0.205 e. The second-order valence-corrected chi connectivity index (χ2v) is 31.5. The van der Waals surface area contributed by atoms with Crippen LogP contribution >= 0.6 is 47.6 Å². The number of pyridine rings is 2. The van der Waals surface area contributed by atoms with E-state index in [4.69, 9.17) is 16.8 Å². The van der Waals surface area contributed by atoms with Crippen LogP contribution in [0.4, 0.5) is 5.69 Å². The molecule has 2 aromatic heterocycles. The fraction of sp³-hybridized carbons (Fsp3) is 0.0460. The molecule has 0 radical (unpaired) electrons. The zero-order valence-electron chi connectivity index (χ0n) is 54.5. The topological polar surface area (TPSA) is 70.6 Å². The minimum atomic E-state index is -0.560. The van der Waals surface area contributed by atoms with Crippen LogP contribution in [0.5, 0.6) is 0 Å². The van der Waals surface area contributed by atoms with Crippen LogP contribution in [-0.2, 0) is 20.4 Å². The molecule has 2 N–H and O–H groups in total. The molecule has 0 fully saturated rings. The molecule has 0 saturated carbocycles. The van der Waals surface area contributed by atoms with E-state index in [-0.39, 0.29) is 20.4 Å². The molecule has 0 aliphatic heterocycles. The third-order valence-electron chi connectivity index (χ3n) is 14.7. The van der Waals surface area contributed by atoms with Gasteiger partial charge in [0.1, 0.15) is 0 Å². The Hall–Kier alpha value is -8.79. The van der Waals surface area contributed by atoms with Crippen molar-refractivity contribution in [2.45, 2.75) is 26.1 Å². The molecule has 2 heterocycles. The van der Waals surface area contributed by atoms with Crippen LogP contribution in [0, 0.1) is 6.57 Å². The number of aliphatic hydroxyl groups excluding tert-OH is 2. The molecule has 0 bridgehead atoms. The Morgan fingerprint density at radius 2 is 0.429 bits per heavy atom. The van der Waals surface area contributed by atoms with Crippen molar-refractivity contribution in [3.8, 4) is 0 Å². The Morgan fingerprint density at radius 3 is 0.551 bits per heavy atom. The average Bonchev–Trinajstić information content (AvgIpc) is 0.850. The van der Waals surface area contributed by atoms with Crippen LogP contribution in [0.3, 0.4) is 0 Å². The van der Waals surface area contributed by atoms with E-state index in [1.165, 1.54) is 69.9 Å². The summed E-state index contributed by atoms with van der Waals surface area (Å²) in [7, 11) is -1.78. The van der Waals surface area contributed by atoms with E-state index < -0.39 is 43.9 Å². The smallest absolute Gasteiger partial charge is 0.205 e. The standard InChI is InChI=1S/4C18H15P.C8H8N2O.C7H8BrNO.Pd/c4*1-4-10-16(11-5-1)19(17-12-6-2-7-13-17)18-14-8-3-9-15-18;1-6(11)8-4-3-7(9-2)5-10-8;1-5(10)7-3-2-6(8)4-9-7;/h4*1-15H;3-6,11H,1H3;2-5,10H,1H3;/t;;;;6-;5-;/m....00./s1. The molecule has 14 rings (SSSR count). The quantitative estimate of drug-likeness (QED) is 0.0647. The summed E-state index contributed by atoms with van der Waals surface area (Å²) in [5.41, 5.74) is 1.79. The third-order valence-corrected chi connectivity index (χ3v) is 24.9. The van der Waals surface area contributed by atoms with Crippen LogP contribution in [-0.4, -0.2) is 20.2 Å². The fourth-order valence-corrected chi connectivity index (χ4v) is 19.5. The van der Waals surface area contributed by atoms with Crippen molar-refractivity contribution in [1.29, 1.82) is 0 Å². The summed E-state index contributed by atoms with van der Waals surface area (Å²) < 4.78 is 0.928. The number of hydrogen-bond acceptors (Lipinski definition) is 4. The number of benzene rings is 12. The molecule has 98 heavy (non-hydrogen) atoms. The molecule has 488 valence electrons. The fourth-order valence-electron chi connectivity index (χ4n) is 10.1. The normalized spacial score (nSPS) is 10.9. The Kier molecular flexibility index (Phi) is 32.2. The van der Waals surface area contributed by atoms with Gasteiger partial charge in [0.05, 0.1) is 30.2 Å². The van der Waals surface area contributed by atoms with Crippen molar-refractivity contribution in [3.63, 3.8) is 0 Å². The van der Waals surface area contributed by atoms with Crippen LogP contribution < -0.4 is 63.7 Å². The van der Waals surface area contributed by atoms with Crippen LogP contribution in [0.15, 0.2) is 405 Å². The molecule has 0 aliphatic carbocycles. The van der Waals surface area contributed by atoms with Crippen molar-refractivity contribution in [1.82, 2.24) is 9.97 Å². The second-order valence-electron chi connectivity index (χ2n) is 21.7. The first-order chi connectivity index (χ1) is 47.7.